The van der Waals surface area contributed by atoms with Crippen LogP contribution < -0.4 is 4.74 Å². The highest BCUT2D eigenvalue weighted by Gasteiger charge is 2.32. The number of amides is 1. The second kappa shape index (κ2) is 7.04. The Balaban J connectivity index is 1.63. The highest BCUT2D eigenvalue weighted by molar-refractivity contribution is 8.00. The molecule has 0 radical (unpaired) electrons. The van der Waals surface area contributed by atoms with Gasteiger partial charge in [-0.3, -0.25) is 9.89 Å². The Morgan fingerprint density at radius 3 is 3.13 bits per heavy atom. The maximum atomic E-state index is 12.6. The van der Waals surface area contributed by atoms with Crippen LogP contribution in [0.3, 0.4) is 0 Å². The molecule has 2 heterocycles. The third-order valence-corrected chi connectivity index (χ3v) is 4.87. The van der Waals surface area contributed by atoms with E-state index in [9.17, 15) is 4.79 Å². The van der Waals surface area contributed by atoms with Crippen molar-refractivity contribution in [1.29, 1.82) is 0 Å². The van der Waals surface area contributed by atoms with E-state index < -0.39 is 0 Å². The number of aromatic amines is 1. The molecule has 23 heavy (non-hydrogen) atoms. The number of likely N-dealkylation sites (tertiary alicyclic amines) is 1. The van der Waals surface area contributed by atoms with E-state index in [0.717, 1.165) is 41.7 Å². The third-order valence-electron chi connectivity index (χ3n) is 3.89. The van der Waals surface area contributed by atoms with Crippen LogP contribution in [-0.4, -0.2) is 45.4 Å². The Morgan fingerprint density at radius 2 is 2.39 bits per heavy atom. The van der Waals surface area contributed by atoms with Crippen LogP contribution in [-0.2, 0) is 4.79 Å². The lowest BCUT2D eigenvalue weighted by atomic mass is 10.2. The molecule has 0 saturated carbocycles. The lowest BCUT2D eigenvalue weighted by Crippen LogP contribution is -2.32. The standard InChI is InChI=1S/C16H20N4O2S/c1-11-17-16(19-18-11)14-7-4-8-20(14)15(21)10-23-13-6-3-5-12(9-13)22-2/h3,5-6,9,14H,4,7-8,10H2,1-2H3,(H,17,18,19). The number of nitrogens with zero attached hydrogens (tertiary/aromatic N) is 3. The normalized spacial score (nSPS) is 17.5. The molecule has 0 bridgehead atoms. The third kappa shape index (κ3) is 3.67. The van der Waals surface area contributed by atoms with Crippen LogP contribution in [0.25, 0.3) is 0 Å². The minimum absolute atomic E-state index is 0.00152. The van der Waals surface area contributed by atoms with Crippen LogP contribution in [0.4, 0.5) is 0 Å². The number of methoxy groups -OCH3 is 1. The minimum atomic E-state index is -0.00152. The van der Waals surface area contributed by atoms with Gasteiger partial charge in [0.2, 0.25) is 5.91 Å². The van der Waals surface area contributed by atoms with E-state index in [4.69, 9.17) is 4.74 Å². The van der Waals surface area contributed by atoms with Gasteiger partial charge in [0.25, 0.3) is 0 Å². The van der Waals surface area contributed by atoms with Gasteiger partial charge < -0.3 is 9.64 Å². The van der Waals surface area contributed by atoms with Gasteiger partial charge in [-0.25, -0.2) is 4.98 Å². The van der Waals surface area contributed by atoms with E-state index in [1.54, 1.807) is 7.11 Å². The van der Waals surface area contributed by atoms with Gasteiger partial charge in [0.1, 0.15) is 11.6 Å². The molecular weight excluding hydrogens is 312 g/mol. The maximum Gasteiger partial charge on any atom is 0.233 e. The molecule has 1 aliphatic heterocycles. The van der Waals surface area contributed by atoms with Crippen molar-refractivity contribution in [3.05, 3.63) is 35.9 Å². The second-order valence-electron chi connectivity index (χ2n) is 5.49. The summed E-state index contributed by atoms with van der Waals surface area (Å²) in [5.41, 5.74) is 0. The van der Waals surface area contributed by atoms with Gasteiger partial charge in [-0.15, -0.1) is 11.8 Å². The van der Waals surface area contributed by atoms with Crippen molar-refractivity contribution in [2.24, 2.45) is 0 Å². The summed E-state index contributed by atoms with van der Waals surface area (Å²) in [6, 6.07) is 7.76. The van der Waals surface area contributed by atoms with Crippen LogP contribution in [0.2, 0.25) is 0 Å². The quantitative estimate of drug-likeness (QED) is 0.852. The lowest BCUT2D eigenvalue weighted by Gasteiger charge is -2.22. The fraction of sp³-hybridized carbons (Fsp3) is 0.438. The summed E-state index contributed by atoms with van der Waals surface area (Å²) in [6.45, 7) is 2.64. The molecule has 1 aromatic heterocycles. The number of carbonyl (C=O) groups excluding carboxylic acids is 1. The molecule has 1 aromatic carbocycles. The molecule has 122 valence electrons. The maximum absolute atomic E-state index is 12.6. The average Bonchev–Trinajstić information content (AvgIpc) is 3.21. The number of rotatable bonds is 5. The van der Waals surface area contributed by atoms with Crippen LogP contribution >= 0.6 is 11.8 Å². The number of carbonyl (C=O) groups is 1. The Labute approximate surface area is 139 Å². The minimum Gasteiger partial charge on any atom is -0.497 e. The van der Waals surface area contributed by atoms with Crippen molar-refractivity contribution in [2.75, 3.05) is 19.4 Å². The molecular formula is C16H20N4O2S. The zero-order valence-corrected chi connectivity index (χ0v) is 14.1. The summed E-state index contributed by atoms with van der Waals surface area (Å²) >= 11 is 1.53. The molecule has 1 fully saturated rings. The van der Waals surface area contributed by atoms with Crippen molar-refractivity contribution in [3.63, 3.8) is 0 Å². The van der Waals surface area contributed by atoms with E-state index in [2.05, 4.69) is 15.2 Å². The van der Waals surface area contributed by atoms with Crippen LogP contribution in [0, 0.1) is 6.92 Å². The van der Waals surface area contributed by atoms with Crippen LogP contribution in [0.5, 0.6) is 5.75 Å². The van der Waals surface area contributed by atoms with E-state index in [1.165, 1.54) is 11.8 Å². The van der Waals surface area contributed by atoms with Crippen molar-refractivity contribution in [3.8, 4) is 5.75 Å². The van der Waals surface area contributed by atoms with Crippen molar-refractivity contribution >= 4 is 17.7 Å². The molecule has 1 aliphatic rings. The van der Waals surface area contributed by atoms with Crippen LogP contribution in [0.1, 0.15) is 30.5 Å². The zero-order valence-electron chi connectivity index (χ0n) is 13.3. The van der Waals surface area contributed by atoms with Gasteiger partial charge in [0.15, 0.2) is 5.82 Å². The van der Waals surface area contributed by atoms with E-state index >= 15 is 0 Å². The van der Waals surface area contributed by atoms with E-state index in [1.807, 2.05) is 36.1 Å². The van der Waals surface area contributed by atoms with Gasteiger partial charge in [-0.2, -0.15) is 5.10 Å². The summed E-state index contributed by atoms with van der Waals surface area (Å²) in [5, 5.41) is 7.08. The van der Waals surface area contributed by atoms with Gasteiger partial charge in [0.05, 0.1) is 18.9 Å². The van der Waals surface area contributed by atoms with Gasteiger partial charge in [-0.1, -0.05) is 6.07 Å². The molecule has 1 unspecified atom stereocenters. The monoisotopic (exact) mass is 332 g/mol. The number of H-pyrrole nitrogens is 1. The molecule has 1 amide bonds. The summed E-state index contributed by atoms with van der Waals surface area (Å²) in [6.07, 6.45) is 1.92. The van der Waals surface area contributed by atoms with Gasteiger partial charge in [-0.05, 0) is 38.0 Å². The first-order valence-electron chi connectivity index (χ1n) is 7.62. The Hall–Kier alpha value is -2.02. The van der Waals surface area contributed by atoms with Crippen molar-refractivity contribution in [1.82, 2.24) is 20.1 Å². The van der Waals surface area contributed by atoms with Gasteiger partial charge in [0, 0.05) is 11.4 Å². The van der Waals surface area contributed by atoms with E-state index in [-0.39, 0.29) is 11.9 Å². The zero-order chi connectivity index (χ0) is 16.2. The number of ether oxygens (including phenoxy) is 1. The van der Waals surface area contributed by atoms with E-state index in [0.29, 0.717) is 5.75 Å². The SMILES string of the molecule is COc1cccc(SCC(=O)N2CCCC2c2n[nH]c(C)n2)c1. The summed E-state index contributed by atoms with van der Waals surface area (Å²) in [4.78, 5) is 19.9. The van der Waals surface area contributed by atoms with Crippen LogP contribution in [0.15, 0.2) is 29.2 Å². The summed E-state index contributed by atoms with van der Waals surface area (Å²) in [5.74, 6) is 2.85. The number of thioether (sulfide) groups is 1. The topological polar surface area (TPSA) is 71.1 Å². The first-order valence-corrected chi connectivity index (χ1v) is 8.61. The Kier molecular flexibility index (Phi) is 4.85. The van der Waals surface area contributed by atoms with Crippen molar-refractivity contribution in [2.45, 2.75) is 30.7 Å². The number of nitrogens with one attached hydrogen (secondary N) is 1. The molecule has 1 N–H and O–H groups in total. The predicted molar refractivity (Wildman–Crippen MR) is 88.5 cm³/mol. The van der Waals surface area contributed by atoms with Crippen molar-refractivity contribution < 1.29 is 9.53 Å². The highest BCUT2D eigenvalue weighted by Crippen LogP contribution is 2.31. The first kappa shape index (κ1) is 15.9. The number of hydrogen-bond acceptors (Lipinski definition) is 5. The molecule has 6 nitrogen and oxygen atoms in total. The lowest BCUT2D eigenvalue weighted by molar-refractivity contribution is -0.129. The fourth-order valence-corrected chi connectivity index (χ4v) is 3.59. The number of benzene rings is 1. The molecule has 7 heteroatoms. The number of hydrogen-bond donors (Lipinski definition) is 1. The summed E-state index contributed by atoms with van der Waals surface area (Å²) < 4.78 is 5.21. The smallest absolute Gasteiger partial charge is 0.233 e. The number of aromatic nitrogens is 3. The molecule has 0 spiro atoms. The molecule has 1 atom stereocenters. The van der Waals surface area contributed by atoms with Gasteiger partial charge >= 0.3 is 0 Å². The highest BCUT2D eigenvalue weighted by atomic mass is 32.2. The average molecular weight is 332 g/mol. The molecule has 3 rings (SSSR count). The second-order valence-corrected chi connectivity index (χ2v) is 6.54. The largest absolute Gasteiger partial charge is 0.497 e. The Morgan fingerprint density at radius 1 is 1.52 bits per heavy atom. The fourth-order valence-electron chi connectivity index (χ4n) is 2.76. The number of aryl methyl sites for hydroxylation is 1. The molecule has 0 aliphatic carbocycles. The molecule has 2 aromatic rings. The molecule has 1 saturated heterocycles. The summed E-state index contributed by atoms with van der Waals surface area (Å²) in [7, 11) is 1.64. The predicted octanol–water partition coefficient (Wildman–Crippen LogP) is 2.58. The Bertz CT molecular complexity index is 688. The first-order chi connectivity index (χ1) is 11.2.